The number of hydrogen-bond acceptors (Lipinski definition) is 4. The predicted octanol–water partition coefficient (Wildman–Crippen LogP) is -1.62. The first-order chi connectivity index (χ1) is 5.59. The van der Waals surface area contributed by atoms with Gasteiger partial charge < -0.3 is 16.5 Å². The summed E-state index contributed by atoms with van der Waals surface area (Å²) < 4.78 is 0. The normalized spacial score (nSPS) is 9.67. The van der Waals surface area contributed by atoms with Gasteiger partial charge >= 0.3 is 5.69 Å². The summed E-state index contributed by atoms with van der Waals surface area (Å²) in [6.07, 6.45) is 1.11. The van der Waals surface area contributed by atoms with Crippen molar-refractivity contribution in [3.8, 4) is 0 Å². The first-order valence-corrected chi connectivity index (χ1v) is 3.21. The zero-order valence-electron chi connectivity index (χ0n) is 6.20. The summed E-state index contributed by atoms with van der Waals surface area (Å²) in [5, 5.41) is 0. The molecule has 0 bridgehead atoms. The molecule has 1 rings (SSSR count). The predicted molar refractivity (Wildman–Crippen MR) is 42.2 cm³/mol. The van der Waals surface area contributed by atoms with Crippen LogP contribution >= 0.6 is 0 Å². The number of hydrogen-bond donors (Lipinski definition) is 3. The lowest BCUT2D eigenvalue weighted by Crippen LogP contribution is -2.20. The smallest absolute Gasteiger partial charge is 0.345 e. The highest BCUT2D eigenvalue weighted by atomic mass is 16.1. The van der Waals surface area contributed by atoms with Crippen LogP contribution in [0.2, 0.25) is 0 Å². The van der Waals surface area contributed by atoms with E-state index in [9.17, 15) is 9.59 Å². The topological polar surface area (TPSA) is 115 Å². The van der Waals surface area contributed by atoms with Gasteiger partial charge in [0.2, 0.25) is 5.91 Å². The monoisotopic (exact) mass is 168 g/mol. The van der Waals surface area contributed by atoms with Crippen LogP contribution in [0.3, 0.4) is 0 Å². The quantitative estimate of drug-likeness (QED) is 0.492. The van der Waals surface area contributed by atoms with Crippen LogP contribution in [0.25, 0.3) is 0 Å². The lowest BCUT2D eigenvalue weighted by Gasteiger charge is -1.99. The third-order valence-corrected chi connectivity index (χ3v) is 1.28. The number of carbonyl (C=O) groups excluding carboxylic acids is 1. The van der Waals surface area contributed by atoms with E-state index in [2.05, 4.69) is 9.97 Å². The Morgan fingerprint density at radius 3 is 2.92 bits per heavy atom. The van der Waals surface area contributed by atoms with Crippen molar-refractivity contribution >= 4 is 11.6 Å². The Morgan fingerprint density at radius 2 is 2.33 bits per heavy atom. The zero-order chi connectivity index (χ0) is 9.14. The van der Waals surface area contributed by atoms with E-state index in [0.717, 1.165) is 0 Å². The van der Waals surface area contributed by atoms with Crippen molar-refractivity contribution < 1.29 is 4.79 Å². The number of aromatic nitrogens is 2. The number of rotatable bonds is 2. The summed E-state index contributed by atoms with van der Waals surface area (Å²) in [5.74, 6) is -0.552. The van der Waals surface area contributed by atoms with E-state index in [1.165, 1.54) is 6.20 Å². The molecule has 6 nitrogen and oxygen atoms in total. The second kappa shape index (κ2) is 3.04. The highest BCUT2D eigenvalue weighted by Crippen LogP contribution is 2.02. The Kier molecular flexibility index (Phi) is 2.09. The van der Waals surface area contributed by atoms with Gasteiger partial charge in [-0.05, 0) is 0 Å². The van der Waals surface area contributed by atoms with Crippen molar-refractivity contribution in [2.75, 3.05) is 5.73 Å². The van der Waals surface area contributed by atoms with E-state index >= 15 is 0 Å². The van der Waals surface area contributed by atoms with Gasteiger partial charge in [-0.1, -0.05) is 0 Å². The largest absolute Gasteiger partial charge is 0.396 e. The Labute approximate surface area is 67.6 Å². The highest BCUT2D eigenvalue weighted by Gasteiger charge is 2.03. The molecule has 0 unspecified atom stereocenters. The zero-order valence-corrected chi connectivity index (χ0v) is 6.20. The average molecular weight is 168 g/mol. The third-order valence-electron chi connectivity index (χ3n) is 1.28. The van der Waals surface area contributed by atoms with Gasteiger partial charge in [0.25, 0.3) is 0 Å². The average Bonchev–Trinajstić information content (AvgIpc) is 1.96. The number of nitrogens with one attached hydrogen (secondary N) is 1. The molecule has 0 saturated heterocycles. The maximum Gasteiger partial charge on any atom is 0.345 e. The minimum Gasteiger partial charge on any atom is -0.396 e. The fraction of sp³-hybridized carbons (Fsp3) is 0.167. The number of anilines is 1. The van der Waals surface area contributed by atoms with Crippen molar-refractivity contribution in [3.05, 3.63) is 22.4 Å². The SMILES string of the molecule is NC(=O)Cc1[nH]c(=O)ncc1N. The Balaban J connectivity index is 3.05. The second-order valence-electron chi connectivity index (χ2n) is 2.27. The Hall–Kier alpha value is -1.85. The Morgan fingerprint density at radius 1 is 1.67 bits per heavy atom. The van der Waals surface area contributed by atoms with Crippen molar-refractivity contribution in [2.24, 2.45) is 5.73 Å². The number of primary amides is 1. The van der Waals surface area contributed by atoms with Crippen LogP contribution in [0, 0.1) is 0 Å². The van der Waals surface area contributed by atoms with Crippen LogP contribution < -0.4 is 17.2 Å². The minimum absolute atomic E-state index is 0.0798. The van der Waals surface area contributed by atoms with Gasteiger partial charge in [0.1, 0.15) is 0 Å². The molecule has 0 aliphatic rings. The molecular weight excluding hydrogens is 160 g/mol. The van der Waals surface area contributed by atoms with Gasteiger partial charge in [-0.2, -0.15) is 4.98 Å². The summed E-state index contributed by atoms with van der Waals surface area (Å²) in [6.45, 7) is 0. The van der Waals surface area contributed by atoms with Gasteiger partial charge in [-0.3, -0.25) is 4.79 Å². The van der Waals surface area contributed by atoms with Crippen molar-refractivity contribution in [3.63, 3.8) is 0 Å². The van der Waals surface area contributed by atoms with Crippen molar-refractivity contribution in [1.29, 1.82) is 0 Å². The summed E-state index contributed by atoms with van der Waals surface area (Å²) in [4.78, 5) is 26.8. The molecule has 0 spiro atoms. The van der Waals surface area contributed by atoms with Crippen LogP contribution in [0.1, 0.15) is 5.69 Å². The number of aromatic amines is 1. The van der Waals surface area contributed by atoms with E-state index in [1.807, 2.05) is 0 Å². The first kappa shape index (κ1) is 8.25. The summed E-state index contributed by atoms with van der Waals surface area (Å²) in [5.41, 5.74) is 10.3. The molecule has 5 N–H and O–H groups in total. The molecule has 0 saturated carbocycles. The first-order valence-electron chi connectivity index (χ1n) is 3.21. The highest BCUT2D eigenvalue weighted by molar-refractivity contribution is 5.77. The molecule has 0 aromatic carbocycles. The number of H-pyrrole nitrogens is 1. The maximum atomic E-state index is 10.6. The molecule has 0 aliphatic carbocycles. The second-order valence-corrected chi connectivity index (χ2v) is 2.27. The molecule has 1 aromatic rings. The van der Waals surface area contributed by atoms with Crippen LogP contribution in [0.15, 0.2) is 11.0 Å². The molecular formula is C6H8N4O2. The van der Waals surface area contributed by atoms with Crippen LogP contribution in [-0.4, -0.2) is 15.9 Å². The minimum atomic E-state index is -0.552. The van der Waals surface area contributed by atoms with Crippen LogP contribution in [0.4, 0.5) is 5.69 Å². The number of nitrogens with two attached hydrogens (primary N) is 2. The van der Waals surface area contributed by atoms with E-state index in [4.69, 9.17) is 11.5 Å². The molecule has 0 fully saturated rings. The molecule has 64 valence electrons. The van der Waals surface area contributed by atoms with Gasteiger partial charge in [0.05, 0.1) is 24.0 Å². The number of amides is 1. The fourth-order valence-corrected chi connectivity index (χ4v) is 0.760. The third kappa shape index (κ3) is 1.82. The van der Waals surface area contributed by atoms with Crippen LogP contribution in [-0.2, 0) is 11.2 Å². The lowest BCUT2D eigenvalue weighted by molar-refractivity contribution is -0.117. The van der Waals surface area contributed by atoms with E-state index in [0.29, 0.717) is 5.69 Å². The summed E-state index contributed by atoms with van der Waals surface area (Å²) in [6, 6.07) is 0. The number of nitrogen functional groups attached to an aromatic ring is 1. The molecule has 0 aliphatic heterocycles. The Bertz CT molecular complexity index is 357. The summed E-state index contributed by atoms with van der Waals surface area (Å²) in [7, 11) is 0. The standard InChI is InChI=1S/C6H8N4O2/c7-3-2-9-6(12)10-4(3)1-5(8)11/h2H,1,7H2,(H2,8,11)(H,9,10,12). The van der Waals surface area contributed by atoms with Gasteiger partial charge in [0, 0.05) is 0 Å². The maximum absolute atomic E-state index is 10.6. The molecule has 0 atom stereocenters. The van der Waals surface area contributed by atoms with Gasteiger partial charge in [-0.15, -0.1) is 0 Å². The lowest BCUT2D eigenvalue weighted by atomic mass is 10.2. The molecule has 0 radical (unpaired) electrons. The van der Waals surface area contributed by atoms with Crippen molar-refractivity contribution in [1.82, 2.24) is 9.97 Å². The molecule has 1 amide bonds. The molecule has 12 heavy (non-hydrogen) atoms. The van der Waals surface area contributed by atoms with E-state index in [1.54, 1.807) is 0 Å². The van der Waals surface area contributed by atoms with E-state index < -0.39 is 11.6 Å². The molecule has 6 heteroatoms. The van der Waals surface area contributed by atoms with Gasteiger partial charge in [-0.25, -0.2) is 4.79 Å². The molecule has 1 aromatic heterocycles. The summed E-state index contributed by atoms with van der Waals surface area (Å²) >= 11 is 0. The van der Waals surface area contributed by atoms with Gasteiger partial charge in [0.15, 0.2) is 0 Å². The molecule has 1 heterocycles. The van der Waals surface area contributed by atoms with Crippen LogP contribution in [0.5, 0.6) is 0 Å². The fourth-order valence-electron chi connectivity index (χ4n) is 0.760. The van der Waals surface area contributed by atoms with E-state index in [-0.39, 0.29) is 12.1 Å². The van der Waals surface area contributed by atoms with Crippen molar-refractivity contribution in [2.45, 2.75) is 6.42 Å². The number of nitrogens with zero attached hydrogens (tertiary/aromatic N) is 1. The number of carbonyl (C=O) groups is 1.